The van der Waals surface area contributed by atoms with Crippen LogP contribution in [0.4, 0.5) is 10.5 Å². The molecule has 41 heavy (non-hydrogen) atoms. The van der Waals surface area contributed by atoms with Crippen molar-refractivity contribution < 1.29 is 19.1 Å². The fraction of sp³-hybridized carbons (Fsp3) is 0.441. The molecule has 0 aliphatic rings. The second-order valence-corrected chi connectivity index (χ2v) is 12.2. The molecule has 7 heteroatoms. The van der Waals surface area contributed by atoms with Crippen LogP contribution in [0.2, 0.25) is 0 Å². The smallest absolute Gasteiger partial charge is 0.408 e. The van der Waals surface area contributed by atoms with Crippen molar-refractivity contribution in [3.8, 4) is 0 Å². The largest absolute Gasteiger partial charge is 0.444 e. The van der Waals surface area contributed by atoms with Crippen LogP contribution in [0, 0.1) is 19.8 Å². The van der Waals surface area contributed by atoms with Gasteiger partial charge in [-0.3, -0.25) is 9.59 Å². The van der Waals surface area contributed by atoms with E-state index in [0.717, 1.165) is 21.9 Å². The number of alkyl carbamates (subject to hydrolysis) is 1. The molecular formula is C34H45N3O4. The Morgan fingerprint density at radius 1 is 0.878 bits per heavy atom. The molecule has 0 aliphatic carbocycles. The predicted octanol–water partition coefficient (Wildman–Crippen LogP) is 7.31. The van der Waals surface area contributed by atoms with Gasteiger partial charge in [0.1, 0.15) is 17.7 Å². The van der Waals surface area contributed by atoms with Crippen molar-refractivity contribution in [3.05, 3.63) is 77.4 Å². The molecule has 3 unspecified atom stereocenters. The molecule has 3 amide bonds. The highest BCUT2D eigenvalue weighted by Gasteiger charge is 2.39. The van der Waals surface area contributed by atoms with Crippen molar-refractivity contribution in [2.75, 3.05) is 5.32 Å². The zero-order valence-electron chi connectivity index (χ0n) is 25.9. The number of carbonyl (C=O) groups is 3. The number of carbonyl (C=O) groups excluding carboxylic acids is 3. The lowest BCUT2D eigenvalue weighted by molar-refractivity contribution is -0.144. The lowest BCUT2D eigenvalue weighted by Crippen LogP contribution is -2.56. The number of nitrogens with one attached hydrogen (secondary N) is 2. The van der Waals surface area contributed by atoms with E-state index in [4.69, 9.17) is 4.74 Å². The van der Waals surface area contributed by atoms with E-state index in [1.807, 2.05) is 102 Å². The van der Waals surface area contributed by atoms with Crippen molar-refractivity contribution in [3.63, 3.8) is 0 Å². The molecular weight excluding hydrogens is 514 g/mol. The summed E-state index contributed by atoms with van der Waals surface area (Å²) < 4.78 is 5.49. The van der Waals surface area contributed by atoms with Gasteiger partial charge in [0.25, 0.3) is 5.91 Å². The molecule has 0 saturated carbocycles. The van der Waals surface area contributed by atoms with Crippen LogP contribution in [0.1, 0.15) is 77.6 Å². The van der Waals surface area contributed by atoms with E-state index in [0.29, 0.717) is 17.7 Å². The molecule has 0 spiro atoms. The molecule has 7 nitrogen and oxygen atoms in total. The number of hydrogen-bond donors (Lipinski definition) is 2. The van der Waals surface area contributed by atoms with Gasteiger partial charge in [-0.05, 0) is 82.9 Å². The molecule has 3 rings (SSSR count). The standard InChI is InChI=1S/C34H45N3O4/c1-10-24(6)29(36-33(40)41-34(7,8)9)32(39)37(21(2)3)30(27-18-22(4)17-23(5)19-27)31(38)35-28-16-15-25-13-11-12-14-26(25)20-28/h11-21,24,29-30H,10H2,1-9H3,(H,35,38)(H,36,40). The molecule has 3 aromatic carbocycles. The fourth-order valence-electron chi connectivity index (χ4n) is 5.04. The molecule has 220 valence electrons. The maximum Gasteiger partial charge on any atom is 0.408 e. The van der Waals surface area contributed by atoms with E-state index < -0.39 is 23.8 Å². The van der Waals surface area contributed by atoms with E-state index in [9.17, 15) is 14.4 Å². The van der Waals surface area contributed by atoms with Gasteiger partial charge < -0.3 is 20.3 Å². The van der Waals surface area contributed by atoms with Crippen molar-refractivity contribution >= 4 is 34.4 Å². The molecule has 0 aliphatic heterocycles. The molecule has 0 fully saturated rings. The highest BCUT2D eigenvalue weighted by atomic mass is 16.6. The minimum atomic E-state index is -0.931. The van der Waals surface area contributed by atoms with E-state index in [1.165, 1.54) is 0 Å². The van der Waals surface area contributed by atoms with E-state index in [1.54, 1.807) is 25.7 Å². The topological polar surface area (TPSA) is 87.7 Å². The molecule has 0 aromatic heterocycles. The number of amides is 3. The van der Waals surface area contributed by atoms with Crippen molar-refractivity contribution in [1.29, 1.82) is 0 Å². The van der Waals surface area contributed by atoms with Gasteiger partial charge in [-0.15, -0.1) is 0 Å². The summed E-state index contributed by atoms with van der Waals surface area (Å²) in [5.74, 6) is -0.856. The highest BCUT2D eigenvalue weighted by Crippen LogP contribution is 2.30. The second kappa shape index (κ2) is 13.2. The van der Waals surface area contributed by atoms with Gasteiger partial charge in [-0.25, -0.2) is 4.79 Å². The number of nitrogens with zero attached hydrogens (tertiary/aromatic N) is 1. The Morgan fingerprint density at radius 2 is 1.49 bits per heavy atom. The highest BCUT2D eigenvalue weighted by molar-refractivity contribution is 6.00. The number of fused-ring (bicyclic) bond motifs is 1. The van der Waals surface area contributed by atoms with Crippen LogP contribution in [-0.4, -0.2) is 40.5 Å². The Labute approximate surface area is 244 Å². The van der Waals surface area contributed by atoms with Crippen LogP contribution in [0.5, 0.6) is 0 Å². The van der Waals surface area contributed by atoms with E-state index >= 15 is 0 Å². The first-order chi connectivity index (χ1) is 19.2. The minimum Gasteiger partial charge on any atom is -0.444 e. The SMILES string of the molecule is CCC(C)C(NC(=O)OC(C)(C)C)C(=O)N(C(C)C)C(C(=O)Nc1ccc2ccccc2c1)c1cc(C)cc(C)c1. The second-order valence-electron chi connectivity index (χ2n) is 12.2. The van der Waals surface area contributed by atoms with Crippen molar-refractivity contribution in [1.82, 2.24) is 10.2 Å². The fourth-order valence-corrected chi connectivity index (χ4v) is 5.04. The number of rotatable bonds is 9. The van der Waals surface area contributed by atoms with Gasteiger partial charge in [-0.1, -0.05) is 79.9 Å². The lowest BCUT2D eigenvalue weighted by Gasteiger charge is -2.38. The third-order valence-corrected chi connectivity index (χ3v) is 7.07. The zero-order chi connectivity index (χ0) is 30.5. The first-order valence-corrected chi connectivity index (χ1v) is 14.4. The van der Waals surface area contributed by atoms with E-state index in [2.05, 4.69) is 10.6 Å². The number of aryl methyl sites for hydroxylation is 2. The first kappa shape index (κ1) is 31.7. The quantitative estimate of drug-likeness (QED) is 0.288. The first-order valence-electron chi connectivity index (χ1n) is 14.4. The molecule has 0 bridgehead atoms. The molecule has 2 N–H and O–H groups in total. The van der Waals surface area contributed by atoms with Gasteiger partial charge in [-0.2, -0.15) is 0 Å². The average Bonchev–Trinajstić information content (AvgIpc) is 2.87. The van der Waals surface area contributed by atoms with E-state index in [-0.39, 0.29) is 23.8 Å². The van der Waals surface area contributed by atoms with Crippen molar-refractivity contribution in [2.45, 2.75) is 92.5 Å². The maximum atomic E-state index is 14.4. The predicted molar refractivity (Wildman–Crippen MR) is 166 cm³/mol. The van der Waals surface area contributed by atoms with Gasteiger partial charge in [0.2, 0.25) is 5.91 Å². The summed E-state index contributed by atoms with van der Waals surface area (Å²) in [6, 6.07) is 17.5. The minimum absolute atomic E-state index is 0.195. The summed E-state index contributed by atoms with van der Waals surface area (Å²) in [6.07, 6.45) is -0.0150. The zero-order valence-corrected chi connectivity index (χ0v) is 25.9. The molecule has 0 radical (unpaired) electrons. The Kier molecular flexibility index (Phi) is 10.2. The van der Waals surface area contributed by atoms with Crippen LogP contribution in [0.25, 0.3) is 10.8 Å². The molecule has 0 heterocycles. The van der Waals surface area contributed by atoms with Crippen LogP contribution < -0.4 is 10.6 Å². The number of benzene rings is 3. The Hall–Kier alpha value is -3.87. The Bertz CT molecular complexity index is 1370. The van der Waals surface area contributed by atoms with Crippen LogP contribution in [0.15, 0.2) is 60.7 Å². The summed E-state index contributed by atoms with van der Waals surface area (Å²) >= 11 is 0. The third-order valence-electron chi connectivity index (χ3n) is 7.07. The molecule has 0 saturated heterocycles. The summed E-state index contributed by atoms with van der Waals surface area (Å²) in [5.41, 5.74) is 2.62. The third kappa shape index (κ3) is 8.32. The number of anilines is 1. The van der Waals surface area contributed by atoms with Gasteiger partial charge in [0.15, 0.2) is 0 Å². The lowest BCUT2D eigenvalue weighted by atomic mass is 9.93. The summed E-state index contributed by atoms with van der Waals surface area (Å²) in [4.78, 5) is 43.0. The molecule has 3 atom stereocenters. The van der Waals surface area contributed by atoms with Crippen molar-refractivity contribution in [2.24, 2.45) is 5.92 Å². The summed E-state index contributed by atoms with van der Waals surface area (Å²) in [6.45, 7) is 16.9. The van der Waals surface area contributed by atoms with Crippen LogP contribution in [-0.2, 0) is 14.3 Å². The monoisotopic (exact) mass is 559 g/mol. The summed E-state index contributed by atoms with van der Waals surface area (Å²) in [5, 5.41) is 7.96. The van der Waals surface area contributed by atoms with Gasteiger partial charge >= 0.3 is 6.09 Å². The van der Waals surface area contributed by atoms with Gasteiger partial charge in [0.05, 0.1) is 0 Å². The average molecular weight is 560 g/mol. The molecule has 3 aromatic rings. The normalized spacial score (nSPS) is 13.8. The number of ether oxygens (including phenoxy) is 1. The van der Waals surface area contributed by atoms with Gasteiger partial charge in [0, 0.05) is 11.7 Å². The Morgan fingerprint density at radius 3 is 2.05 bits per heavy atom. The Balaban J connectivity index is 2.07. The number of hydrogen-bond acceptors (Lipinski definition) is 4. The van der Waals surface area contributed by atoms with Crippen LogP contribution >= 0.6 is 0 Å². The van der Waals surface area contributed by atoms with Crippen LogP contribution in [0.3, 0.4) is 0 Å². The maximum absolute atomic E-state index is 14.4. The summed E-state index contributed by atoms with van der Waals surface area (Å²) in [7, 11) is 0.